The van der Waals surface area contributed by atoms with Crippen LogP contribution >= 0.6 is 0 Å². The van der Waals surface area contributed by atoms with Gasteiger partial charge < -0.3 is 10.6 Å². The Labute approximate surface area is 121 Å². The van der Waals surface area contributed by atoms with E-state index in [4.69, 9.17) is 0 Å². The third kappa shape index (κ3) is 4.20. The highest BCUT2D eigenvalue weighted by molar-refractivity contribution is 5.91. The molecule has 1 aliphatic rings. The molecule has 0 bridgehead atoms. The second-order valence-electron chi connectivity index (χ2n) is 6.40. The molecule has 1 aromatic carbocycles. The minimum Gasteiger partial charge on any atom is -0.348 e. The summed E-state index contributed by atoms with van der Waals surface area (Å²) >= 11 is 0. The molecule has 1 aliphatic heterocycles. The molecule has 108 valence electrons. The van der Waals surface area contributed by atoms with Gasteiger partial charge in [0.05, 0.1) is 0 Å². The van der Waals surface area contributed by atoms with E-state index in [0.29, 0.717) is 0 Å². The molecule has 1 amide bonds. The molecule has 3 nitrogen and oxygen atoms in total. The number of hydrogen-bond acceptors (Lipinski definition) is 2. The van der Waals surface area contributed by atoms with E-state index in [-0.39, 0.29) is 17.4 Å². The van der Waals surface area contributed by atoms with E-state index in [1.54, 1.807) is 6.08 Å². The molecule has 0 aromatic heterocycles. The second kappa shape index (κ2) is 6.23. The summed E-state index contributed by atoms with van der Waals surface area (Å²) in [6.45, 7) is 8.45. The molecule has 2 N–H and O–H groups in total. The maximum absolute atomic E-state index is 11.8. The topological polar surface area (TPSA) is 41.1 Å². The van der Waals surface area contributed by atoms with Gasteiger partial charge in [-0.3, -0.25) is 4.79 Å². The summed E-state index contributed by atoms with van der Waals surface area (Å²) in [6.07, 6.45) is 4.49. The van der Waals surface area contributed by atoms with Crippen molar-refractivity contribution in [2.45, 2.75) is 38.6 Å². The predicted molar refractivity (Wildman–Crippen MR) is 83.6 cm³/mol. The van der Waals surface area contributed by atoms with Gasteiger partial charge in [-0.05, 0) is 35.6 Å². The van der Waals surface area contributed by atoms with E-state index in [0.717, 1.165) is 25.1 Å². The molecule has 0 spiro atoms. The highest BCUT2D eigenvalue weighted by Gasteiger charge is 2.15. The van der Waals surface area contributed by atoms with Crippen molar-refractivity contribution in [2.75, 3.05) is 13.1 Å². The van der Waals surface area contributed by atoms with Crippen LogP contribution in [0.25, 0.3) is 6.08 Å². The first kappa shape index (κ1) is 14.8. The van der Waals surface area contributed by atoms with Gasteiger partial charge in [0.1, 0.15) is 0 Å². The summed E-state index contributed by atoms with van der Waals surface area (Å²) in [4.78, 5) is 11.8. The molecule has 3 heteroatoms. The SMILES string of the molecule is CC(C)(C)c1ccc(/C=C/C(=O)NC2CCNC2)cc1. The summed E-state index contributed by atoms with van der Waals surface area (Å²) in [6, 6.07) is 8.63. The molecule has 20 heavy (non-hydrogen) atoms. The monoisotopic (exact) mass is 272 g/mol. The van der Waals surface area contributed by atoms with E-state index in [1.165, 1.54) is 5.56 Å². The molecule has 1 fully saturated rings. The number of nitrogens with one attached hydrogen (secondary N) is 2. The number of carbonyl (C=O) groups excluding carboxylic acids is 1. The zero-order chi connectivity index (χ0) is 14.6. The largest absolute Gasteiger partial charge is 0.348 e. The molecule has 1 heterocycles. The highest BCUT2D eigenvalue weighted by Crippen LogP contribution is 2.22. The quantitative estimate of drug-likeness (QED) is 0.830. The van der Waals surface area contributed by atoms with Crippen LogP contribution in [0.5, 0.6) is 0 Å². The Morgan fingerprint density at radius 1 is 1.30 bits per heavy atom. The fourth-order valence-electron chi connectivity index (χ4n) is 2.29. The van der Waals surface area contributed by atoms with Crippen LogP contribution < -0.4 is 10.6 Å². The minimum atomic E-state index is -0.0152. The molecular weight excluding hydrogens is 248 g/mol. The summed E-state index contributed by atoms with van der Waals surface area (Å²) in [5, 5.41) is 6.23. The van der Waals surface area contributed by atoms with Gasteiger partial charge in [-0.15, -0.1) is 0 Å². The van der Waals surface area contributed by atoms with Crippen molar-refractivity contribution >= 4 is 12.0 Å². The third-order valence-corrected chi connectivity index (χ3v) is 3.61. The zero-order valence-corrected chi connectivity index (χ0v) is 12.6. The van der Waals surface area contributed by atoms with Crippen molar-refractivity contribution in [2.24, 2.45) is 0 Å². The van der Waals surface area contributed by atoms with Crippen molar-refractivity contribution < 1.29 is 4.79 Å². The Balaban J connectivity index is 1.92. The van der Waals surface area contributed by atoms with Gasteiger partial charge in [0.25, 0.3) is 0 Å². The fourth-order valence-corrected chi connectivity index (χ4v) is 2.29. The lowest BCUT2D eigenvalue weighted by molar-refractivity contribution is -0.117. The van der Waals surface area contributed by atoms with Crippen molar-refractivity contribution in [3.63, 3.8) is 0 Å². The molecule has 0 aliphatic carbocycles. The first-order valence-electron chi connectivity index (χ1n) is 7.25. The van der Waals surface area contributed by atoms with Crippen molar-refractivity contribution in [3.05, 3.63) is 41.5 Å². The van der Waals surface area contributed by atoms with Crippen LogP contribution in [-0.2, 0) is 10.2 Å². The number of benzene rings is 1. The van der Waals surface area contributed by atoms with Crippen molar-refractivity contribution in [1.29, 1.82) is 0 Å². The fraction of sp³-hybridized carbons (Fsp3) is 0.471. The van der Waals surface area contributed by atoms with Crippen LogP contribution in [-0.4, -0.2) is 25.0 Å². The minimum absolute atomic E-state index is 0.0152. The molecule has 2 rings (SSSR count). The number of carbonyl (C=O) groups is 1. The Morgan fingerprint density at radius 2 is 2.00 bits per heavy atom. The van der Waals surface area contributed by atoms with Gasteiger partial charge in [0.15, 0.2) is 0 Å². The number of amides is 1. The number of rotatable bonds is 3. The summed E-state index contributed by atoms with van der Waals surface area (Å²) in [5.74, 6) is -0.0152. The maximum Gasteiger partial charge on any atom is 0.244 e. The van der Waals surface area contributed by atoms with Gasteiger partial charge in [-0.1, -0.05) is 45.0 Å². The Bertz CT molecular complexity index is 477. The van der Waals surface area contributed by atoms with Crippen LogP contribution in [0.4, 0.5) is 0 Å². The average Bonchev–Trinajstić information content (AvgIpc) is 2.88. The summed E-state index contributed by atoms with van der Waals surface area (Å²) < 4.78 is 0. The molecule has 1 unspecified atom stereocenters. The number of hydrogen-bond donors (Lipinski definition) is 2. The third-order valence-electron chi connectivity index (χ3n) is 3.61. The molecule has 1 atom stereocenters. The van der Waals surface area contributed by atoms with Gasteiger partial charge in [-0.25, -0.2) is 0 Å². The normalized spacial score (nSPS) is 19.4. The zero-order valence-electron chi connectivity index (χ0n) is 12.6. The van der Waals surface area contributed by atoms with Crippen molar-refractivity contribution in [3.8, 4) is 0 Å². The Kier molecular flexibility index (Phi) is 4.61. The highest BCUT2D eigenvalue weighted by atomic mass is 16.1. The molecule has 1 aromatic rings. The van der Waals surface area contributed by atoms with Crippen LogP contribution in [0.2, 0.25) is 0 Å². The Hall–Kier alpha value is -1.61. The lowest BCUT2D eigenvalue weighted by Crippen LogP contribution is -2.34. The maximum atomic E-state index is 11.8. The van der Waals surface area contributed by atoms with Gasteiger partial charge in [0, 0.05) is 18.7 Å². The smallest absolute Gasteiger partial charge is 0.244 e. The van der Waals surface area contributed by atoms with Gasteiger partial charge in [-0.2, -0.15) is 0 Å². The lowest BCUT2D eigenvalue weighted by atomic mass is 9.87. The molecule has 1 saturated heterocycles. The lowest BCUT2D eigenvalue weighted by Gasteiger charge is -2.18. The van der Waals surface area contributed by atoms with E-state index >= 15 is 0 Å². The Morgan fingerprint density at radius 3 is 2.55 bits per heavy atom. The molecule has 0 saturated carbocycles. The van der Waals surface area contributed by atoms with Gasteiger partial charge in [0.2, 0.25) is 5.91 Å². The first-order valence-corrected chi connectivity index (χ1v) is 7.25. The van der Waals surface area contributed by atoms with E-state index in [1.807, 2.05) is 6.08 Å². The van der Waals surface area contributed by atoms with Crippen LogP contribution in [0, 0.1) is 0 Å². The van der Waals surface area contributed by atoms with Crippen molar-refractivity contribution in [1.82, 2.24) is 10.6 Å². The average molecular weight is 272 g/mol. The molecule has 0 radical (unpaired) electrons. The van der Waals surface area contributed by atoms with E-state index in [2.05, 4.69) is 55.7 Å². The standard InChI is InChI=1S/C17H24N2O/c1-17(2,3)14-7-4-13(5-8-14)6-9-16(20)19-15-10-11-18-12-15/h4-9,15,18H,10-12H2,1-3H3,(H,19,20)/b9-6+. The van der Waals surface area contributed by atoms with Crippen LogP contribution in [0.15, 0.2) is 30.3 Å². The second-order valence-corrected chi connectivity index (χ2v) is 6.40. The van der Waals surface area contributed by atoms with Gasteiger partial charge >= 0.3 is 0 Å². The van der Waals surface area contributed by atoms with E-state index < -0.39 is 0 Å². The van der Waals surface area contributed by atoms with E-state index in [9.17, 15) is 4.79 Å². The molecular formula is C17H24N2O. The van der Waals surface area contributed by atoms with Crippen LogP contribution in [0.3, 0.4) is 0 Å². The predicted octanol–water partition coefficient (Wildman–Crippen LogP) is 2.48. The summed E-state index contributed by atoms with van der Waals surface area (Å²) in [5.41, 5.74) is 2.52. The first-order chi connectivity index (χ1) is 9.45. The summed E-state index contributed by atoms with van der Waals surface area (Å²) in [7, 11) is 0. The van der Waals surface area contributed by atoms with Crippen LogP contribution in [0.1, 0.15) is 38.3 Å².